The first-order valence-electron chi connectivity index (χ1n) is 10.1. The summed E-state index contributed by atoms with van der Waals surface area (Å²) in [5.41, 5.74) is 2.61. The molecule has 1 unspecified atom stereocenters. The van der Waals surface area contributed by atoms with Gasteiger partial charge in [-0.05, 0) is 45.2 Å². The minimum absolute atomic E-state index is 0.0297. The quantitative estimate of drug-likeness (QED) is 0.530. The van der Waals surface area contributed by atoms with E-state index in [0.717, 1.165) is 41.7 Å². The van der Waals surface area contributed by atoms with E-state index < -0.39 is 5.97 Å². The summed E-state index contributed by atoms with van der Waals surface area (Å²) in [5.74, 6) is -1.03. The first-order valence-corrected chi connectivity index (χ1v) is 10.9. The molecule has 4 nitrogen and oxygen atoms in total. The van der Waals surface area contributed by atoms with Gasteiger partial charge >= 0.3 is 5.97 Å². The number of carbonyl (C=O) groups is 2. The number of amides is 1. The summed E-state index contributed by atoms with van der Waals surface area (Å²) >= 11 is 1.24. The van der Waals surface area contributed by atoms with E-state index in [1.54, 1.807) is 4.90 Å². The maximum atomic E-state index is 13.3. The summed E-state index contributed by atoms with van der Waals surface area (Å²) in [6.45, 7) is 10.0. The molecule has 0 fully saturated rings. The lowest BCUT2D eigenvalue weighted by Crippen LogP contribution is -2.41. The van der Waals surface area contributed by atoms with Gasteiger partial charge in [0.1, 0.15) is 4.88 Å². The first-order chi connectivity index (χ1) is 13.3. The van der Waals surface area contributed by atoms with E-state index in [2.05, 4.69) is 6.92 Å². The van der Waals surface area contributed by atoms with Gasteiger partial charge in [0.15, 0.2) is 0 Å². The van der Waals surface area contributed by atoms with Crippen LogP contribution in [-0.4, -0.2) is 23.0 Å². The Morgan fingerprint density at radius 3 is 2.43 bits per heavy atom. The number of hydrogen-bond acceptors (Lipinski definition) is 3. The molecule has 1 N–H and O–H groups in total. The van der Waals surface area contributed by atoms with Crippen LogP contribution >= 0.6 is 11.3 Å². The lowest BCUT2D eigenvalue weighted by molar-refractivity contribution is -0.123. The molecule has 2 aromatic rings. The van der Waals surface area contributed by atoms with E-state index in [0.29, 0.717) is 5.69 Å². The van der Waals surface area contributed by atoms with E-state index in [1.807, 2.05) is 58.0 Å². The second kappa shape index (κ2) is 9.87. The smallest absolute Gasteiger partial charge is 0.348 e. The van der Waals surface area contributed by atoms with Gasteiger partial charge in [-0.3, -0.25) is 4.79 Å². The SMILES string of the molecule is CCCCC(CC)C(=O)N(c1cc(-c2cccc(C)c2)sc1C(=O)O)C(C)C. The number of carboxylic acid groups (broad SMARTS) is 1. The van der Waals surface area contributed by atoms with Crippen LogP contribution in [0, 0.1) is 12.8 Å². The molecule has 28 heavy (non-hydrogen) atoms. The van der Waals surface area contributed by atoms with Crippen molar-refractivity contribution in [2.24, 2.45) is 5.92 Å². The Morgan fingerprint density at radius 2 is 1.89 bits per heavy atom. The third kappa shape index (κ3) is 5.02. The van der Waals surface area contributed by atoms with Crippen molar-refractivity contribution in [2.75, 3.05) is 4.90 Å². The molecule has 5 heteroatoms. The van der Waals surface area contributed by atoms with Crippen molar-refractivity contribution < 1.29 is 14.7 Å². The average molecular weight is 402 g/mol. The molecular weight excluding hydrogens is 370 g/mol. The molecule has 1 aromatic carbocycles. The Morgan fingerprint density at radius 1 is 1.18 bits per heavy atom. The highest BCUT2D eigenvalue weighted by molar-refractivity contribution is 7.18. The van der Waals surface area contributed by atoms with Gasteiger partial charge in [0.25, 0.3) is 0 Å². The predicted molar refractivity (Wildman–Crippen MR) is 117 cm³/mol. The van der Waals surface area contributed by atoms with Gasteiger partial charge in [-0.1, -0.05) is 56.5 Å². The molecule has 1 atom stereocenters. The van der Waals surface area contributed by atoms with Gasteiger partial charge < -0.3 is 10.0 Å². The number of rotatable bonds is 9. The number of aryl methyl sites for hydroxylation is 1. The van der Waals surface area contributed by atoms with E-state index in [4.69, 9.17) is 0 Å². The number of aromatic carboxylic acids is 1. The van der Waals surface area contributed by atoms with Crippen LogP contribution in [0.25, 0.3) is 10.4 Å². The molecule has 0 aliphatic heterocycles. The second-order valence-electron chi connectivity index (χ2n) is 7.55. The Labute approximate surface area is 172 Å². The van der Waals surface area contributed by atoms with Gasteiger partial charge in [0, 0.05) is 16.8 Å². The van der Waals surface area contributed by atoms with Crippen molar-refractivity contribution in [3.63, 3.8) is 0 Å². The van der Waals surface area contributed by atoms with E-state index in [1.165, 1.54) is 11.3 Å². The Kier molecular flexibility index (Phi) is 7.81. The molecule has 0 saturated heterocycles. The van der Waals surface area contributed by atoms with Crippen LogP contribution in [-0.2, 0) is 4.79 Å². The molecular formula is C23H31NO3S. The standard InChI is InChI=1S/C23H31NO3S/c1-6-8-11-17(7-2)22(25)24(15(3)4)19-14-20(28-21(19)23(26)27)18-12-9-10-16(5)13-18/h9-10,12-15,17H,6-8,11H2,1-5H3,(H,26,27). The number of carboxylic acids is 1. The summed E-state index contributed by atoms with van der Waals surface area (Å²) in [5, 5.41) is 9.80. The van der Waals surface area contributed by atoms with Crippen molar-refractivity contribution in [2.45, 2.75) is 66.3 Å². The maximum absolute atomic E-state index is 13.3. The number of benzene rings is 1. The lowest BCUT2D eigenvalue weighted by atomic mass is 9.96. The molecule has 152 valence electrons. The minimum Gasteiger partial charge on any atom is -0.477 e. The van der Waals surface area contributed by atoms with Crippen molar-refractivity contribution in [3.8, 4) is 10.4 Å². The molecule has 1 amide bonds. The fourth-order valence-corrected chi connectivity index (χ4v) is 4.44. The summed E-state index contributed by atoms with van der Waals surface area (Å²) in [6, 6.07) is 9.76. The molecule has 0 saturated carbocycles. The summed E-state index contributed by atoms with van der Waals surface area (Å²) < 4.78 is 0. The highest BCUT2D eigenvalue weighted by atomic mass is 32.1. The van der Waals surface area contributed by atoms with Crippen molar-refractivity contribution in [1.82, 2.24) is 0 Å². The topological polar surface area (TPSA) is 57.6 Å². The van der Waals surface area contributed by atoms with E-state index in [-0.39, 0.29) is 22.7 Å². The van der Waals surface area contributed by atoms with Crippen molar-refractivity contribution >= 4 is 28.9 Å². The number of thiophene rings is 1. The van der Waals surface area contributed by atoms with Gasteiger partial charge in [-0.25, -0.2) is 4.79 Å². The second-order valence-corrected chi connectivity index (χ2v) is 8.60. The minimum atomic E-state index is -0.987. The fourth-order valence-electron chi connectivity index (χ4n) is 3.45. The third-order valence-electron chi connectivity index (χ3n) is 4.97. The third-order valence-corrected chi connectivity index (χ3v) is 6.13. The average Bonchev–Trinajstić information content (AvgIpc) is 3.07. The van der Waals surface area contributed by atoms with Crippen LogP contribution in [0.3, 0.4) is 0 Å². The van der Waals surface area contributed by atoms with Crippen LogP contribution in [0.2, 0.25) is 0 Å². The number of unbranched alkanes of at least 4 members (excludes halogenated alkanes) is 1. The highest BCUT2D eigenvalue weighted by Gasteiger charge is 2.30. The number of nitrogens with zero attached hydrogens (tertiary/aromatic N) is 1. The number of anilines is 1. The molecule has 1 heterocycles. The molecule has 0 bridgehead atoms. The van der Waals surface area contributed by atoms with E-state index >= 15 is 0 Å². The summed E-state index contributed by atoms with van der Waals surface area (Å²) in [4.78, 5) is 28.1. The lowest BCUT2D eigenvalue weighted by Gasteiger charge is -2.30. The Bertz CT molecular complexity index is 825. The molecule has 1 aromatic heterocycles. The molecule has 0 aliphatic carbocycles. The van der Waals surface area contributed by atoms with Crippen LogP contribution in [0.4, 0.5) is 5.69 Å². The summed E-state index contributed by atoms with van der Waals surface area (Å²) in [7, 11) is 0. The predicted octanol–water partition coefficient (Wildman–Crippen LogP) is 6.38. The van der Waals surface area contributed by atoms with Crippen molar-refractivity contribution in [3.05, 3.63) is 40.8 Å². The van der Waals surface area contributed by atoms with Crippen LogP contribution in [0.1, 0.15) is 68.6 Å². The van der Waals surface area contributed by atoms with Gasteiger partial charge in [0.2, 0.25) is 5.91 Å². The Hall–Kier alpha value is -2.14. The largest absolute Gasteiger partial charge is 0.477 e. The molecule has 0 radical (unpaired) electrons. The monoisotopic (exact) mass is 401 g/mol. The zero-order valence-corrected chi connectivity index (χ0v) is 18.3. The Balaban J connectivity index is 2.51. The molecule has 0 spiro atoms. The van der Waals surface area contributed by atoms with Gasteiger partial charge in [-0.2, -0.15) is 0 Å². The normalized spacial score (nSPS) is 12.2. The zero-order chi connectivity index (χ0) is 20.8. The molecule has 0 aliphatic rings. The fraction of sp³-hybridized carbons (Fsp3) is 0.478. The van der Waals surface area contributed by atoms with E-state index in [9.17, 15) is 14.7 Å². The first kappa shape index (κ1) is 22.2. The van der Waals surface area contributed by atoms with Crippen LogP contribution in [0.5, 0.6) is 0 Å². The van der Waals surface area contributed by atoms with Crippen molar-refractivity contribution in [1.29, 1.82) is 0 Å². The highest BCUT2D eigenvalue weighted by Crippen LogP contribution is 2.39. The maximum Gasteiger partial charge on any atom is 0.348 e. The van der Waals surface area contributed by atoms with Gasteiger partial charge in [0.05, 0.1) is 5.69 Å². The van der Waals surface area contributed by atoms with Crippen LogP contribution < -0.4 is 4.90 Å². The number of hydrogen-bond donors (Lipinski definition) is 1. The number of carbonyl (C=O) groups excluding carboxylic acids is 1. The zero-order valence-electron chi connectivity index (χ0n) is 17.5. The van der Waals surface area contributed by atoms with Crippen LogP contribution in [0.15, 0.2) is 30.3 Å². The summed E-state index contributed by atoms with van der Waals surface area (Å²) in [6.07, 6.45) is 3.65. The molecule has 2 rings (SSSR count). The van der Waals surface area contributed by atoms with Gasteiger partial charge in [-0.15, -0.1) is 11.3 Å².